The van der Waals surface area contributed by atoms with Crippen LogP contribution >= 0.6 is 0 Å². The summed E-state index contributed by atoms with van der Waals surface area (Å²) in [6.07, 6.45) is 5.67. The lowest BCUT2D eigenvalue weighted by atomic mass is 9.81. The Kier molecular flexibility index (Phi) is 3.10. The third-order valence-electron chi connectivity index (χ3n) is 4.81. The molecule has 2 aliphatic carbocycles. The first-order valence-corrected chi connectivity index (χ1v) is 6.83. The van der Waals surface area contributed by atoms with E-state index in [-0.39, 0.29) is 6.04 Å². The Hall–Kier alpha value is -0.960. The number of rotatable bonds is 3. The second-order valence-electron chi connectivity index (χ2n) is 5.94. The Morgan fingerprint density at radius 2 is 2.06 bits per heavy atom. The van der Waals surface area contributed by atoms with E-state index >= 15 is 0 Å². The van der Waals surface area contributed by atoms with Gasteiger partial charge in [-0.3, -0.25) is 0 Å². The van der Waals surface area contributed by atoms with Gasteiger partial charge in [0.25, 0.3) is 0 Å². The lowest BCUT2D eigenvalue weighted by Gasteiger charge is -2.27. The zero-order valence-corrected chi connectivity index (χ0v) is 10.4. The molecule has 18 heavy (non-hydrogen) atoms. The van der Waals surface area contributed by atoms with Gasteiger partial charge >= 0.3 is 0 Å². The Balaban J connectivity index is 1.69. The molecular formula is C15H19F2N. The van der Waals surface area contributed by atoms with Crippen molar-refractivity contribution < 1.29 is 8.78 Å². The van der Waals surface area contributed by atoms with E-state index in [9.17, 15) is 8.78 Å². The molecule has 0 aromatic heterocycles. The summed E-state index contributed by atoms with van der Waals surface area (Å²) in [5, 5.41) is 0. The Morgan fingerprint density at radius 1 is 1.22 bits per heavy atom. The fourth-order valence-corrected chi connectivity index (χ4v) is 3.91. The quantitative estimate of drug-likeness (QED) is 0.876. The average Bonchev–Trinajstić information content (AvgIpc) is 2.94. The van der Waals surface area contributed by atoms with Crippen LogP contribution in [-0.2, 0) is 6.42 Å². The molecule has 0 heterocycles. The monoisotopic (exact) mass is 251 g/mol. The third kappa shape index (κ3) is 2.16. The first kappa shape index (κ1) is 12.1. The molecule has 0 spiro atoms. The maximum atomic E-state index is 13.6. The molecule has 98 valence electrons. The lowest BCUT2D eigenvalue weighted by molar-refractivity contribution is 0.279. The highest BCUT2D eigenvalue weighted by Gasteiger charge is 2.41. The molecule has 3 heteroatoms. The van der Waals surface area contributed by atoms with Crippen LogP contribution < -0.4 is 5.73 Å². The molecule has 0 amide bonds. The van der Waals surface area contributed by atoms with Crippen molar-refractivity contribution in [1.29, 1.82) is 0 Å². The van der Waals surface area contributed by atoms with Gasteiger partial charge in [0.1, 0.15) is 11.6 Å². The number of benzene rings is 1. The third-order valence-corrected chi connectivity index (χ3v) is 4.81. The topological polar surface area (TPSA) is 26.0 Å². The van der Waals surface area contributed by atoms with Crippen molar-refractivity contribution in [3.63, 3.8) is 0 Å². The Morgan fingerprint density at radius 3 is 2.67 bits per heavy atom. The molecule has 1 aromatic carbocycles. The second-order valence-corrected chi connectivity index (χ2v) is 5.94. The van der Waals surface area contributed by atoms with Crippen molar-refractivity contribution in [1.82, 2.24) is 0 Å². The SMILES string of the molecule is NC(Cc1ccc(F)cc1F)C1CC2CCC1C2. The fraction of sp³-hybridized carbons (Fsp3) is 0.600. The van der Waals surface area contributed by atoms with Crippen molar-refractivity contribution in [2.75, 3.05) is 0 Å². The van der Waals surface area contributed by atoms with Gasteiger partial charge in [-0.2, -0.15) is 0 Å². The summed E-state index contributed by atoms with van der Waals surface area (Å²) in [6.45, 7) is 0. The Bertz CT molecular complexity index is 446. The van der Waals surface area contributed by atoms with Gasteiger partial charge in [0.2, 0.25) is 0 Å². The molecule has 3 rings (SSSR count). The minimum Gasteiger partial charge on any atom is -0.327 e. The van der Waals surface area contributed by atoms with Crippen LogP contribution in [0.2, 0.25) is 0 Å². The van der Waals surface area contributed by atoms with E-state index in [1.165, 1.54) is 37.8 Å². The van der Waals surface area contributed by atoms with Crippen molar-refractivity contribution in [2.24, 2.45) is 23.5 Å². The van der Waals surface area contributed by atoms with Gasteiger partial charge in [0.05, 0.1) is 0 Å². The van der Waals surface area contributed by atoms with E-state index in [2.05, 4.69) is 0 Å². The van der Waals surface area contributed by atoms with Crippen molar-refractivity contribution in [3.05, 3.63) is 35.4 Å². The standard InChI is InChI=1S/C15H19F2N/c16-12-4-3-11(14(17)8-12)7-15(18)13-6-9-1-2-10(13)5-9/h3-4,8-10,13,15H,1-2,5-7,18H2. The van der Waals surface area contributed by atoms with Crippen LogP contribution in [0.3, 0.4) is 0 Å². The van der Waals surface area contributed by atoms with Crippen LogP contribution in [0.1, 0.15) is 31.2 Å². The minimum atomic E-state index is -0.523. The van der Waals surface area contributed by atoms with Crippen molar-refractivity contribution in [2.45, 2.75) is 38.1 Å². The molecule has 1 aromatic rings. The number of hydrogen-bond donors (Lipinski definition) is 1. The number of nitrogens with two attached hydrogens (primary N) is 1. The largest absolute Gasteiger partial charge is 0.327 e. The highest BCUT2D eigenvalue weighted by atomic mass is 19.1. The first-order chi connectivity index (χ1) is 8.63. The molecule has 0 aliphatic heterocycles. The average molecular weight is 251 g/mol. The molecule has 2 fully saturated rings. The van der Waals surface area contributed by atoms with E-state index in [1.807, 2.05) is 0 Å². The molecule has 2 N–H and O–H groups in total. The van der Waals surface area contributed by atoms with Crippen LogP contribution in [0.15, 0.2) is 18.2 Å². The van der Waals surface area contributed by atoms with E-state index in [1.54, 1.807) is 0 Å². The van der Waals surface area contributed by atoms with Gasteiger partial charge < -0.3 is 5.73 Å². The maximum absolute atomic E-state index is 13.6. The summed E-state index contributed by atoms with van der Waals surface area (Å²) in [5.74, 6) is 1.14. The van der Waals surface area contributed by atoms with Crippen molar-refractivity contribution in [3.8, 4) is 0 Å². The lowest BCUT2D eigenvalue weighted by Crippen LogP contribution is -2.35. The summed E-state index contributed by atoms with van der Waals surface area (Å²) in [5.41, 5.74) is 6.79. The predicted octanol–water partition coefficient (Wildman–Crippen LogP) is 3.27. The fourth-order valence-electron chi connectivity index (χ4n) is 3.91. The summed E-state index contributed by atoms with van der Waals surface area (Å²) >= 11 is 0. The molecule has 0 radical (unpaired) electrons. The normalized spacial score (nSPS) is 31.8. The predicted molar refractivity (Wildman–Crippen MR) is 67.0 cm³/mol. The van der Waals surface area contributed by atoms with E-state index in [0.29, 0.717) is 17.9 Å². The van der Waals surface area contributed by atoms with Crippen LogP contribution in [0.25, 0.3) is 0 Å². The van der Waals surface area contributed by atoms with Gasteiger partial charge in [-0.25, -0.2) is 8.78 Å². The molecule has 2 bridgehead atoms. The zero-order chi connectivity index (χ0) is 12.7. The molecule has 2 saturated carbocycles. The summed E-state index contributed by atoms with van der Waals surface area (Å²) < 4.78 is 26.4. The molecule has 4 unspecified atom stereocenters. The van der Waals surface area contributed by atoms with Gasteiger partial charge in [-0.05, 0) is 55.1 Å². The smallest absolute Gasteiger partial charge is 0.129 e. The molecule has 0 saturated heterocycles. The highest BCUT2D eigenvalue weighted by Crippen LogP contribution is 2.49. The second kappa shape index (κ2) is 4.61. The first-order valence-electron chi connectivity index (χ1n) is 6.83. The molecule has 1 nitrogen and oxygen atoms in total. The van der Waals surface area contributed by atoms with Gasteiger partial charge in [-0.1, -0.05) is 12.5 Å². The highest BCUT2D eigenvalue weighted by molar-refractivity contribution is 5.20. The van der Waals surface area contributed by atoms with Crippen LogP contribution in [-0.4, -0.2) is 6.04 Å². The number of hydrogen-bond acceptors (Lipinski definition) is 1. The summed E-state index contributed by atoms with van der Waals surface area (Å²) in [4.78, 5) is 0. The van der Waals surface area contributed by atoms with Gasteiger partial charge in [-0.15, -0.1) is 0 Å². The van der Waals surface area contributed by atoms with E-state index in [0.717, 1.165) is 17.9 Å². The minimum absolute atomic E-state index is 0.0141. The maximum Gasteiger partial charge on any atom is 0.129 e. The summed E-state index contributed by atoms with van der Waals surface area (Å²) in [6, 6.07) is 3.80. The van der Waals surface area contributed by atoms with Crippen LogP contribution in [0.4, 0.5) is 8.78 Å². The van der Waals surface area contributed by atoms with Gasteiger partial charge in [0, 0.05) is 12.1 Å². The Labute approximate surface area is 106 Å². The molecule has 4 atom stereocenters. The zero-order valence-electron chi connectivity index (χ0n) is 10.4. The summed E-state index contributed by atoms with van der Waals surface area (Å²) in [7, 11) is 0. The van der Waals surface area contributed by atoms with Crippen LogP contribution in [0.5, 0.6) is 0 Å². The molecular weight excluding hydrogens is 232 g/mol. The molecule has 2 aliphatic rings. The van der Waals surface area contributed by atoms with E-state index in [4.69, 9.17) is 5.73 Å². The van der Waals surface area contributed by atoms with Crippen molar-refractivity contribution >= 4 is 0 Å². The van der Waals surface area contributed by atoms with Gasteiger partial charge in [0.15, 0.2) is 0 Å². The van der Waals surface area contributed by atoms with E-state index < -0.39 is 11.6 Å². The van der Waals surface area contributed by atoms with Crippen LogP contribution in [0, 0.1) is 29.4 Å². The number of halogens is 2. The number of fused-ring (bicyclic) bond motifs is 2.